The van der Waals surface area contributed by atoms with E-state index in [1.165, 1.54) is 31.4 Å². The summed E-state index contributed by atoms with van der Waals surface area (Å²) in [7, 11) is 0. The molecule has 1 aliphatic heterocycles. The largest absolute Gasteiger partial charge is 0.357 e. The second-order valence-corrected chi connectivity index (χ2v) is 5.84. The molecule has 1 unspecified atom stereocenters. The number of guanidine groups is 1. The van der Waals surface area contributed by atoms with Gasteiger partial charge in [-0.3, -0.25) is 4.90 Å². The molecule has 0 bridgehead atoms. The molecule has 1 fully saturated rings. The molecule has 0 aliphatic carbocycles. The van der Waals surface area contributed by atoms with Crippen LogP contribution in [0, 0.1) is 0 Å². The molecule has 4 heteroatoms. The molecule has 2 rings (SSSR count). The Hall–Kier alpha value is -1.55. The Morgan fingerprint density at radius 3 is 2.73 bits per heavy atom. The molecule has 0 aromatic heterocycles. The van der Waals surface area contributed by atoms with Crippen molar-refractivity contribution in [3.63, 3.8) is 0 Å². The summed E-state index contributed by atoms with van der Waals surface area (Å²) in [5.41, 5.74) is 1.24. The lowest BCUT2D eigenvalue weighted by molar-refractivity contribution is 0.157. The zero-order valence-electron chi connectivity index (χ0n) is 14.0. The van der Waals surface area contributed by atoms with Gasteiger partial charge in [0.2, 0.25) is 0 Å². The maximum absolute atomic E-state index is 4.69. The number of aliphatic imine (C=N–C) groups is 1. The predicted molar refractivity (Wildman–Crippen MR) is 94.1 cm³/mol. The van der Waals surface area contributed by atoms with Gasteiger partial charge < -0.3 is 10.6 Å². The first-order valence-electron chi connectivity index (χ1n) is 8.63. The molecule has 2 N–H and O–H groups in total. The van der Waals surface area contributed by atoms with E-state index in [2.05, 4.69) is 53.6 Å². The van der Waals surface area contributed by atoms with Gasteiger partial charge in [0.15, 0.2) is 5.96 Å². The lowest BCUT2D eigenvalue weighted by atomic mass is 10.0. The van der Waals surface area contributed by atoms with Gasteiger partial charge in [-0.2, -0.15) is 0 Å². The Balaban J connectivity index is 1.87. The van der Waals surface area contributed by atoms with Crippen molar-refractivity contribution in [3.05, 3.63) is 35.9 Å². The Morgan fingerprint density at radius 2 is 2.00 bits per heavy atom. The van der Waals surface area contributed by atoms with Gasteiger partial charge in [-0.25, -0.2) is 4.99 Å². The number of rotatable bonds is 6. The molecule has 1 aromatic rings. The van der Waals surface area contributed by atoms with Gasteiger partial charge in [-0.05, 0) is 38.4 Å². The van der Waals surface area contributed by atoms with Gasteiger partial charge in [0.05, 0.1) is 6.54 Å². The van der Waals surface area contributed by atoms with Crippen LogP contribution >= 0.6 is 0 Å². The molecule has 1 heterocycles. The van der Waals surface area contributed by atoms with Gasteiger partial charge in [0.25, 0.3) is 0 Å². The predicted octanol–water partition coefficient (Wildman–Crippen LogP) is 2.62. The number of hydrogen-bond donors (Lipinski definition) is 2. The lowest BCUT2D eigenvalue weighted by Crippen LogP contribution is -2.49. The van der Waals surface area contributed by atoms with E-state index < -0.39 is 0 Å². The summed E-state index contributed by atoms with van der Waals surface area (Å²) >= 11 is 0. The van der Waals surface area contributed by atoms with Crippen LogP contribution in [0.25, 0.3) is 0 Å². The molecule has 22 heavy (non-hydrogen) atoms. The monoisotopic (exact) mass is 302 g/mol. The molecule has 122 valence electrons. The van der Waals surface area contributed by atoms with Crippen molar-refractivity contribution in [2.45, 2.75) is 45.7 Å². The second-order valence-electron chi connectivity index (χ2n) is 5.84. The van der Waals surface area contributed by atoms with Crippen molar-refractivity contribution in [1.82, 2.24) is 15.5 Å². The van der Waals surface area contributed by atoms with Gasteiger partial charge in [0, 0.05) is 19.1 Å². The van der Waals surface area contributed by atoms with Crippen LogP contribution in [0.1, 0.15) is 38.7 Å². The van der Waals surface area contributed by atoms with E-state index in [-0.39, 0.29) is 0 Å². The van der Waals surface area contributed by atoms with Crippen molar-refractivity contribution in [1.29, 1.82) is 0 Å². The summed E-state index contributed by atoms with van der Waals surface area (Å²) in [4.78, 5) is 7.28. The van der Waals surface area contributed by atoms with Gasteiger partial charge in [-0.15, -0.1) is 0 Å². The minimum atomic E-state index is 0.638. The standard InChI is InChI=1S/C18H30N4/c1-3-19-18(20-14-16-10-6-5-7-11-16)21-15-17-12-8-9-13-22(17)4-2/h5-7,10-11,17H,3-4,8-9,12-15H2,1-2H3,(H2,19,20,21). The Kier molecular flexibility index (Phi) is 7.23. The average Bonchev–Trinajstić information content (AvgIpc) is 2.58. The van der Waals surface area contributed by atoms with Crippen molar-refractivity contribution >= 4 is 5.96 Å². The number of likely N-dealkylation sites (tertiary alicyclic amines) is 1. The third-order valence-electron chi connectivity index (χ3n) is 4.27. The van der Waals surface area contributed by atoms with E-state index in [0.717, 1.165) is 32.1 Å². The van der Waals surface area contributed by atoms with Gasteiger partial charge in [-0.1, -0.05) is 43.7 Å². The van der Waals surface area contributed by atoms with Gasteiger partial charge in [0.1, 0.15) is 0 Å². The van der Waals surface area contributed by atoms with E-state index in [0.29, 0.717) is 6.04 Å². The maximum Gasteiger partial charge on any atom is 0.191 e. The average molecular weight is 302 g/mol. The van der Waals surface area contributed by atoms with Crippen LogP contribution in [0.2, 0.25) is 0 Å². The van der Waals surface area contributed by atoms with Crippen molar-refractivity contribution in [2.24, 2.45) is 4.99 Å². The highest BCUT2D eigenvalue weighted by Crippen LogP contribution is 2.15. The van der Waals surface area contributed by atoms with Crippen LogP contribution in [0.15, 0.2) is 35.3 Å². The summed E-state index contributed by atoms with van der Waals surface area (Å²) < 4.78 is 0. The number of benzene rings is 1. The number of piperidine rings is 1. The first-order chi connectivity index (χ1) is 10.8. The maximum atomic E-state index is 4.69. The molecular formula is C18H30N4. The molecule has 1 aromatic carbocycles. The number of hydrogen-bond acceptors (Lipinski definition) is 2. The van der Waals surface area contributed by atoms with Gasteiger partial charge >= 0.3 is 0 Å². The zero-order valence-corrected chi connectivity index (χ0v) is 14.0. The molecule has 1 saturated heterocycles. The highest BCUT2D eigenvalue weighted by Gasteiger charge is 2.20. The normalized spacial score (nSPS) is 19.9. The quantitative estimate of drug-likeness (QED) is 0.627. The van der Waals surface area contributed by atoms with Crippen LogP contribution in [-0.2, 0) is 6.54 Å². The fourth-order valence-electron chi connectivity index (χ4n) is 3.02. The van der Waals surface area contributed by atoms with Crippen molar-refractivity contribution < 1.29 is 0 Å². The van der Waals surface area contributed by atoms with E-state index in [1.54, 1.807) is 0 Å². The fraction of sp³-hybridized carbons (Fsp3) is 0.611. The van der Waals surface area contributed by atoms with E-state index in [9.17, 15) is 0 Å². The SMILES string of the molecule is CCNC(=NCc1ccccc1)NCC1CCCCN1CC. The third kappa shape index (κ3) is 5.34. The van der Waals surface area contributed by atoms with Crippen LogP contribution in [-0.4, -0.2) is 43.1 Å². The molecule has 0 amide bonds. The zero-order chi connectivity index (χ0) is 15.6. The van der Waals surface area contributed by atoms with Crippen LogP contribution in [0.4, 0.5) is 0 Å². The first kappa shape index (κ1) is 16.8. The van der Waals surface area contributed by atoms with Crippen LogP contribution in [0.3, 0.4) is 0 Å². The molecule has 4 nitrogen and oxygen atoms in total. The molecule has 1 aliphatic rings. The summed E-state index contributed by atoms with van der Waals surface area (Å²) in [5.74, 6) is 0.924. The summed E-state index contributed by atoms with van der Waals surface area (Å²) in [6, 6.07) is 11.0. The molecule has 1 atom stereocenters. The molecule has 0 saturated carbocycles. The highest BCUT2D eigenvalue weighted by molar-refractivity contribution is 5.79. The Labute approximate surface area is 135 Å². The van der Waals surface area contributed by atoms with Crippen molar-refractivity contribution in [2.75, 3.05) is 26.2 Å². The number of likely N-dealkylation sites (N-methyl/N-ethyl adjacent to an activating group) is 1. The fourth-order valence-corrected chi connectivity index (χ4v) is 3.02. The lowest BCUT2D eigenvalue weighted by Gasteiger charge is -2.35. The number of nitrogens with zero attached hydrogens (tertiary/aromatic N) is 2. The Morgan fingerprint density at radius 1 is 1.18 bits per heavy atom. The van der Waals surface area contributed by atoms with E-state index in [4.69, 9.17) is 4.99 Å². The minimum absolute atomic E-state index is 0.638. The highest BCUT2D eigenvalue weighted by atomic mass is 15.2. The Bertz CT molecular complexity index is 444. The summed E-state index contributed by atoms with van der Waals surface area (Å²) in [6.45, 7) is 9.34. The summed E-state index contributed by atoms with van der Waals surface area (Å²) in [5, 5.41) is 6.87. The smallest absolute Gasteiger partial charge is 0.191 e. The minimum Gasteiger partial charge on any atom is -0.357 e. The molecular weight excluding hydrogens is 272 g/mol. The number of nitrogens with one attached hydrogen (secondary N) is 2. The van der Waals surface area contributed by atoms with E-state index >= 15 is 0 Å². The van der Waals surface area contributed by atoms with Crippen LogP contribution in [0.5, 0.6) is 0 Å². The van der Waals surface area contributed by atoms with E-state index in [1.807, 2.05) is 6.07 Å². The second kappa shape index (κ2) is 9.46. The molecule has 0 radical (unpaired) electrons. The summed E-state index contributed by atoms with van der Waals surface area (Å²) in [6.07, 6.45) is 3.98. The first-order valence-corrected chi connectivity index (χ1v) is 8.63. The third-order valence-corrected chi connectivity index (χ3v) is 4.27. The molecule has 0 spiro atoms. The van der Waals surface area contributed by atoms with Crippen LogP contribution < -0.4 is 10.6 Å². The topological polar surface area (TPSA) is 39.7 Å². The van der Waals surface area contributed by atoms with Crippen molar-refractivity contribution in [3.8, 4) is 0 Å².